The molecule has 5 heteroatoms. The summed E-state index contributed by atoms with van der Waals surface area (Å²) in [6, 6.07) is 5.55. The van der Waals surface area contributed by atoms with Crippen molar-refractivity contribution in [2.24, 2.45) is 0 Å². The fourth-order valence-electron chi connectivity index (χ4n) is 2.80. The lowest BCUT2D eigenvalue weighted by Gasteiger charge is -2.24. The molecule has 0 bridgehead atoms. The minimum atomic E-state index is -0.114. The summed E-state index contributed by atoms with van der Waals surface area (Å²) in [5, 5.41) is 3.07. The zero-order chi connectivity index (χ0) is 15.9. The fourth-order valence-corrected chi connectivity index (χ4v) is 2.80. The average molecular weight is 306 g/mol. The maximum absolute atomic E-state index is 12.4. The number of hydrogen-bond donors (Lipinski definition) is 1. The molecule has 0 radical (unpaired) electrons. The molecule has 22 heavy (non-hydrogen) atoms. The Morgan fingerprint density at radius 2 is 1.82 bits per heavy atom. The summed E-state index contributed by atoms with van der Waals surface area (Å²) in [6.07, 6.45) is 4.61. The molecule has 1 N–H and O–H groups in total. The third kappa shape index (κ3) is 4.06. The highest BCUT2D eigenvalue weighted by molar-refractivity contribution is 5.74. The van der Waals surface area contributed by atoms with E-state index in [1.807, 2.05) is 30.0 Å². The van der Waals surface area contributed by atoms with Crippen LogP contribution in [0.2, 0.25) is 0 Å². The standard InChI is InChI=1S/C17H26N2O3/c1-13(15-9-8-14(21-2)12-16(15)22-3)18-17(20)19-10-6-4-5-7-11-19/h8-9,12-13H,4-7,10-11H2,1-3H3,(H,18,20)/t13-/m1/s1. The molecule has 0 aliphatic carbocycles. The number of likely N-dealkylation sites (tertiary alicyclic amines) is 1. The lowest BCUT2D eigenvalue weighted by Crippen LogP contribution is -2.41. The van der Waals surface area contributed by atoms with Crippen LogP contribution in [0.5, 0.6) is 11.5 Å². The molecule has 1 fully saturated rings. The van der Waals surface area contributed by atoms with Gasteiger partial charge in [-0.05, 0) is 31.9 Å². The summed E-state index contributed by atoms with van der Waals surface area (Å²) in [5.41, 5.74) is 0.950. The smallest absolute Gasteiger partial charge is 0.317 e. The van der Waals surface area contributed by atoms with Gasteiger partial charge in [-0.2, -0.15) is 0 Å². The van der Waals surface area contributed by atoms with E-state index in [4.69, 9.17) is 9.47 Å². The summed E-state index contributed by atoms with van der Waals surface area (Å²) < 4.78 is 10.6. The molecule has 0 spiro atoms. The fraction of sp³-hybridized carbons (Fsp3) is 0.588. The van der Waals surface area contributed by atoms with Crippen LogP contribution in [-0.2, 0) is 0 Å². The van der Waals surface area contributed by atoms with Gasteiger partial charge in [0.05, 0.1) is 20.3 Å². The number of nitrogens with zero attached hydrogens (tertiary/aromatic N) is 1. The summed E-state index contributed by atoms with van der Waals surface area (Å²) in [4.78, 5) is 14.3. The minimum Gasteiger partial charge on any atom is -0.497 e. The molecule has 0 saturated carbocycles. The molecule has 5 nitrogen and oxygen atoms in total. The van der Waals surface area contributed by atoms with Gasteiger partial charge < -0.3 is 19.7 Å². The number of methoxy groups -OCH3 is 2. The zero-order valence-corrected chi connectivity index (χ0v) is 13.7. The van der Waals surface area contributed by atoms with Crippen LogP contribution in [0, 0.1) is 0 Å². The van der Waals surface area contributed by atoms with E-state index >= 15 is 0 Å². The molecule has 2 amide bonds. The van der Waals surface area contributed by atoms with Crippen LogP contribution in [0.1, 0.15) is 44.2 Å². The Morgan fingerprint density at radius 1 is 1.14 bits per heavy atom. The van der Waals surface area contributed by atoms with Crippen LogP contribution in [0.15, 0.2) is 18.2 Å². The van der Waals surface area contributed by atoms with Gasteiger partial charge in [-0.15, -0.1) is 0 Å². The van der Waals surface area contributed by atoms with Crippen molar-refractivity contribution in [3.8, 4) is 11.5 Å². The summed E-state index contributed by atoms with van der Waals surface area (Å²) in [7, 11) is 3.25. The molecule has 1 aliphatic heterocycles. The lowest BCUT2D eigenvalue weighted by atomic mass is 10.1. The van der Waals surface area contributed by atoms with Gasteiger partial charge in [0.15, 0.2) is 0 Å². The van der Waals surface area contributed by atoms with Gasteiger partial charge in [-0.3, -0.25) is 0 Å². The highest BCUT2D eigenvalue weighted by Crippen LogP contribution is 2.29. The number of carbonyl (C=O) groups excluding carboxylic acids is 1. The largest absolute Gasteiger partial charge is 0.497 e. The van der Waals surface area contributed by atoms with E-state index in [9.17, 15) is 4.79 Å². The molecule has 1 saturated heterocycles. The second-order valence-corrected chi connectivity index (χ2v) is 5.68. The van der Waals surface area contributed by atoms with E-state index in [1.165, 1.54) is 12.8 Å². The summed E-state index contributed by atoms with van der Waals surface area (Å²) in [5.74, 6) is 1.47. The van der Waals surface area contributed by atoms with Crippen LogP contribution in [0.25, 0.3) is 0 Å². The van der Waals surface area contributed by atoms with Crippen molar-refractivity contribution in [2.75, 3.05) is 27.3 Å². The van der Waals surface area contributed by atoms with Crippen molar-refractivity contribution < 1.29 is 14.3 Å². The van der Waals surface area contributed by atoms with Crippen molar-refractivity contribution in [1.82, 2.24) is 10.2 Å². The maximum atomic E-state index is 12.4. The topological polar surface area (TPSA) is 50.8 Å². The van der Waals surface area contributed by atoms with E-state index in [-0.39, 0.29) is 12.1 Å². The molecule has 2 rings (SSSR count). The Hall–Kier alpha value is -1.91. The van der Waals surface area contributed by atoms with Gasteiger partial charge in [0, 0.05) is 24.7 Å². The molecule has 1 aliphatic rings. The van der Waals surface area contributed by atoms with Crippen LogP contribution >= 0.6 is 0 Å². The Kier molecular flexibility index (Phi) is 5.92. The zero-order valence-electron chi connectivity index (χ0n) is 13.7. The number of rotatable bonds is 4. The SMILES string of the molecule is COc1ccc([C@@H](C)NC(=O)N2CCCCCC2)c(OC)c1. The summed E-state index contributed by atoms with van der Waals surface area (Å²) >= 11 is 0. The molecule has 1 atom stereocenters. The van der Waals surface area contributed by atoms with Gasteiger partial charge >= 0.3 is 6.03 Å². The number of benzene rings is 1. The van der Waals surface area contributed by atoms with Gasteiger partial charge in [-0.1, -0.05) is 12.8 Å². The first-order valence-electron chi connectivity index (χ1n) is 7.93. The number of nitrogens with one attached hydrogen (secondary N) is 1. The highest BCUT2D eigenvalue weighted by Gasteiger charge is 2.19. The first-order valence-corrected chi connectivity index (χ1v) is 7.93. The van der Waals surface area contributed by atoms with E-state index < -0.39 is 0 Å². The van der Waals surface area contributed by atoms with Crippen LogP contribution in [0.4, 0.5) is 4.79 Å². The molecule has 0 unspecified atom stereocenters. The number of urea groups is 1. The molecule has 1 aromatic rings. The van der Waals surface area contributed by atoms with Crippen LogP contribution in [-0.4, -0.2) is 38.2 Å². The Bertz CT molecular complexity index is 497. The Morgan fingerprint density at radius 3 is 2.41 bits per heavy atom. The molecule has 0 aromatic heterocycles. The average Bonchev–Trinajstić information content (AvgIpc) is 2.83. The van der Waals surface area contributed by atoms with Gasteiger partial charge in [0.25, 0.3) is 0 Å². The first kappa shape index (κ1) is 16.5. The predicted octanol–water partition coefficient (Wildman–Crippen LogP) is 3.35. The summed E-state index contributed by atoms with van der Waals surface area (Å²) in [6.45, 7) is 3.66. The Balaban J connectivity index is 2.04. The van der Waals surface area contributed by atoms with Crippen molar-refractivity contribution >= 4 is 6.03 Å². The van der Waals surface area contributed by atoms with Gasteiger partial charge in [0.1, 0.15) is 11.5 Å². The van der Waals surface area contributed by atoms with Crippen LogP contribution in [0.3, 0.4) is 0 Å². The van der Waals surface area contributed by atoms with E-state index in [1.54, 1.807) is 14.2 Å². The third-order valence-electron chi connectivity index (χ3n) is 4.14. The second-order valence-electron chi connectivity index (χ2n) is 5.68. The number of ether oxygens (including phenoxy) is 2. The molecule has 1 aromatic carbocycles. The lowest BCUT2D eigenvalue weighted by molar-refractivity contribution is 0.196. The first-order chi connectivity index (χ1) is 10.7. The van der Waals surface area contributed by atoms with Crippen molar-refractivity contribution in [2.45, 2.75) is 38.6 Å². The van der Waals surface area contributed by atoms with E-state index in [0.717, 1.165) is 43.0 Å². The number of hydrogen-bond acceptors (Lipinski definition) is 3. The monoisotopic (exact) mass is 306 g/mol. The number of amides is 2. The van der Waals surface area contributed by atoms with Crippen LogP contribution < -0.4 is 14.8 Å². The number of carbonyl (C=O) groups is 1. The second kappa shape index (κ2) is 7.92. The van der Waals surface area contributed by atoms with E-state index in [2.05, 4.69) is 5.32 Å². The minimum absolute atomic E-state index is 0.00673. The quantitative estimate of drug-likeness (QED) is 0.928. The Labute approximate surface area is 132 Å². The normalized spacial score (nSPS) is 16.6. The van der Waals surface area contributed by atoms with Gasteiger partial charge in [-0.25, -0.2) is 4.79 Å². The van der Waals surface area contributed by atoms with E-state index in [0.29, 0.717) is 0 Å². The molecule has 1 heterocycles. The highest BCUT2D eigenvalue weighted by atomic mass is 16.5. The predicted molar refractivity (Wildman–Crippen MR) is 86.5 cm³/mol. The molecule has 122 valence electrons. The molecular weight excluding hydrogens is 280 g/mol. The van der Waals surface area contributed by atoms with Crippen molar-refractivity contribution in [3.63, 3.8) is 0 Å². The van der Waals surface area contributed by atoms with Gasteiger partial charge in [0.2, 0.25) is 0 Å². The van der Waals surface area contributed by atoms with Crippen molar-refractivity contribution in [3.05, 3.63) is 23.8 Å². The maximum Gasteiger partial charge on any atom is 0.317 e. The van der Waals surface area contributed by atoms with Crippen molar-refractivity contribution in [1.29, 1.82) is 0 Å². The molecular formula is C17H26N2O3. The third-order valence-corrected chi connectivity index (χ3v) is 4.14.